The summed E-state index contributed by atoms with van der Waals surface area (Å²) < 4.78 is 7.15. The summed E-state index contributed by atoms with van der Waals surface area (Å²) in [6, 6.07) is 0. The first-order valence-electron chi connectivity index (χ1n) is 6.08. The van der Waals surface area contributed by atoms with Gasteiger partial charge in [-0.15, -0.1) is 0 Å². The normalized spacial score (nSPS) is 10.5. The van der Waals surface area contributed by atoms with E-state index in [2.05, 4.69) is 20.4 Å². The number of aromatic nitrogens is 4. The first kappa shape index (κ1) is 13.1. The number of hydrogen-bond donors (Lipinski definition) is 2. The van der Waals surface area contributed by atoms with Crippen LogP contribution < -0.4 is 15.8 Å². The summed E-state index contributed by atoms with van der Waals surface area (Å²) >= 11 is 0. The smallest absolute Gasteiger partial charge is 0.242 e. The van der Waals surface area contributed by atoms with Crippen molar-refractivity contribution in [3.63, 3.8) is 0 Å². The topological polar surface area (TPSA) is 90.9 Å². The second-order valence-corrected chi connectivity index (χ2v) is 4.11. The highest BCUT2D eigenvalue weighted by Crippen LogP contribution is 2.24. The molecule has 102 valence electrons. The van der Waals surface area contributed by atoms with Gasteiger partial charge in [-0.2, -0.15) is 10.1 Å². The van der Waals surface area contributed by atoms with Crippen LogP contribution >= 0.6 is 0 Å². The van der Waals surface area contributed by atoms with Gasteiger partial charge in [0.1, 0.15) is 12.0 Å². The van der Waals surface area contributed by atoms with E-state index >= 15 is 0 Å². The number of anilines is 2. The van der Waals surface area contributed by atoms with Crippen LogP contribution in [0, 0.1) is 6.92 Å². The third kappa shape index (κ3) is 2.75. The Morgan fingerprint density at radius 1 is 1.42 bits per heavy atom. The molecule has 2 aromatic rings. The van der Waals surface area contributed by atoms with Gasteiger partial charge < -0.3 is 15.8 Å². The van der Waals surface area contributed by atoms with Gasteiger partial charge in [0.2, 0.25) is 5.88 Å². The van der Waals surface area contributed by atoms with Crippen LogP contribution in [0.2, 0.25) is 0 Å². The molecule has 2 rings (SSSR count). The minimum Gasteiger partial charge on any atom is -0.476 e. The van der Waals surface area contributed by atoms with Gasteiger partial charge in [-0.1, -0.05) is 0 Å². The maximum atomic E-state index is 5.94. The van der Waals surface area contributed by atoms with Crippen LogP contribution in [0.25, 0.3) is 0 Å². The Hall–Kier alpha value is -2.31. The van der Waals surface area contributed by atoms with E-state index in [1.54, 1.807) is 0 Å². The van der Waals surface area contributed by atoms with Crippen molar-refractivity contribution in [3.8, 4) is 5.88 Å². The molecule has 0 aliphatic heterocycles. The number of nitrogens with zero attached hydrogens (tertiary/aromatic N) is 4. The van der Waals surface area contributed by atoms with Crippen molar-refractivity contribution in [3.05, 3.63) is 23.8 Å². The van der Waals surface area contributed by atoms with Crippen molar-refractivity contribution in [2.75, 3.05) is 17.7 Å². The molecule has 0 saturated heterocycles. The Balaban J connectivity index is 2.11. The van der Waals surface area contributed by atoms with Crippen molar-refractivity contribution < 1.29 is 4.74 Å². The van der Waals surface area contributed by atoms with Crippen LogP contribution in [0.1, 0.15) is 18.2 Å². The molecular formula is C12H18N6O. The Kier molecular flexibility index (Phi) is 3.84. The lowest BCUT2D eigenvalue weighted by Gasteiger charge is -2.10. The molecule has 0 radical (unpaired) electrons. The van der Waals surface area contributed by atoms with Gasteiger partial charge in [0.25, 0.3) is 0 Å². The van der Waals surface area contributed by atoms with E-state index in [0.29, 0.717) is 30.5 Å². The lowest BCUT2D eigenvalue weighted by Crippen LogP contribution is -2.08. The highest BCUT2D eigenvalue weighted by atomic mass is 16.5. The van der Waals surface area contributed by atoms with E-state index in [9.17, 15) is 0 Å². The molecule has 0 bridgehead atoms. The van der Waals surface area contributed by atoms with Gasteiger partial charge in [-0.3, -0.25) is 4.68 Å². The maximum absolute atomic E-state index is 5.94. The number of hydrogen-bond acceptors (Lipinski definition) is 6. The van der Waals surface area contributed by atoms with Crippen LogP contribution in [0.3, 0.4) is 0 Å². The van der Waals surface area contributed by atoms with E-state index in [0.717, 1.165) is 11.3 Å². The predicted molar refractivity (Wildman–Crippen MR) is 72.9 cm³/mol. The molecule has 0 unspecified atom stereocenters. The molecule has 7 nitrogen and oxygen atoms in total. The molecule has 0 atom stereocenters. The monoisotopic (exact) mass is 262 g/mol. The first-order chi connectivity index (χ1) is 9.13. The van der Waals surface area contributed by atoms with Crippen molar-refractivity contribution in [2.24, 2.45) is 7.05 Å². The molecule has 0 fully saturated rings. The molecule has 7 heteroatoms. The molecule has 0 aliphatic carbocycles. The summed E-state index contributed by atoms with van der Waals surface area (Å²) in [5.41, 5.74) is 8.56. The number of nitrogen functional groups attached to an aromatic ring is 1. The van der Waals surface area contributed by atoms with Gasteiger partial charge in [0.15, 0.2) is 5.82 Å². The summed E-state index contributed by atoms with van der Waals surface area (Å²) in [4.78, 5) is 8.11. The van der Waals surface area contributed by atoms with E-state index in [1.165, 1.54) is 6.33 Å². The maximum Gasteiger partial charge on any atom is 0.242 e. The summed E-state index contributed by atoms with van der Waals surface area (Å²) in [5.74, 6) is 0.976. The number of aryl methyl sites for hydroxylation is 1. The molecule has 0 spiro atoms. The van der Waals surface area contributed by atoms with Gasteiger partial charge in [0.05, 0.1) is 12.8 Å². The second-order valence-electron chi connectivity index (χ2n) is 4.11. The molecular weight excluding hydrogens is 244 g/mol. The van der Waals surface area contributed by atoms with Gasteiger partial charge >= 0.3 is 0 Å². The average molecular weight is 262 g/mol. The van der Waals surface area contributed by atoms with Crippen molar-refractivity contribution in [2.45, 2.75) is 20.4 Å². The van der Waals surface area contributed by atoms with Gasteiger partial charge in [-0.25, -0.2) is 4.98 Å². The quantitative estimate of drug-likeness (QED) is 0.838. The molecule has 3 N–H and O–H groups in total. The molecule has 19 heavy (non-hydrogen) atoms. The van der Waals surface area contributed by atoms with Crippen LogP contribution in [-0.2, 0) is 13.6 Å². The van der Waals surface area contributed by atoms with Crippen molar-refractivity contribution in [1.82, 2.24) is 19.7 Å². The van der Waals surface area contributed by atoms with Crippen molar-refractivity contribution in [1.29, 1.82) is 0 Å². The third-order valence-corrected chi connectivity index (χ3v) is 2.91. The van der Waals surface area contributed by atoms with Crippen LogP contribution in [0.15, 0.2) is 12.5 Å². The number of nitrogens with two attached hydrogens (primary N) is 1. The van der Waals surface area contributed by atoms with Gasteiger partial charge in [0, 0.05) is 24.8 Å². The SMILES string of the molecule is CCOc1ncnc(NCc2cnn(C)c2C)c1N. The zero-order chi connectivity index (χ0) is 13.8. The highest BCUT2D eigenvalue weighted by molar-refractivity contribution is 5.66. The zero-order valence-corrected chi connectivity index (χ0v) is 11.3. The summed E-state index contributed by atoms with van der Waals surface area (Å²) in [5, 5.41) is 7.36. The van der Waals surface area contributed by atoms with E-state index in [1.807, 2.05) is 31.8 Å². The van der Waals surface area contributed by atoms with E-state index in [4.69, 9.17) is 10.5 Å². The van der Waals surface area contributed by atoms with E-state index < -0.39 is 0 Å². The van der Waals surface area contributed by atoms with Gasteiger partial charge in [-0.05, 0) is 13.8 Å². The van der Waals surface area contributed by atoms with E-state index in [-0.39, 0.29) is 0 Å². The molecule has 0 saturated carbocycles. The largest absolute Gasteiger partial charge is 0.476 e. The number of nitrogens with one attached hydrogen (secondary N) is 1. The molecule has 2 aromatic heterocycles. The molecule has 2 heterocycles. The van der Waals surface area contributed by atoms with Crippen LogP contribution in [0.4, 0.5) is 11.5 Å². The van der Waals surface area contributed by atoms with Crippen LogP contribution in [0.5, 0.6) is 5.88 Å². The highest BCUT2D eigenvalue weighted by Gasteiger charge is 2.10. The summed E-state index contributed by atoms with van der Waals surface area (Å²) in [6.45, 7) is 5.02. The second kappa shape index (κ2) is 5.55. The first-order valence-corrected chi connectivity index (χ1v) is 6.08. The number of ether oxygens (including phenoxy) is 1. The third-order valence-electron chi connectivity index (χ3n) is 2.91. The Morgan fingerprint density at radius 3 is 2.84 bits per heavy atom. The average Bonchev–Trinajstić information content (AvgIpc) is 2.71. The van der Waals surface area contributed by atoms with Crippen LogP contribution in [-0.4, -0.2) is 26.4 Å². The summed E-state index contributed by atoms with van der Waals surface area (Å²) in [7, 11) is 1.91. The fourth-order valence-electron chi connectivity index (χ4n) is 1.67. The minimum atomic E-state index is 0.405. The fourth-order valence-corrected chi connectivity index (χ4v) is 1.67. The number of rotatable bonds is 5. The molecule has 0 aromatic carbocycles. The Labute approximate surface area is 111 Å². The fraction of sp³-hybridized carbons (Fsp3) is 0.417. The molecule has 0 aliphatic rings. The zero-order valence-electron chi connectivity index (χ0n) is 11.3. The standard InChI is InChI=1S/C12H18N6O/c1-4-19-12-10(13)11(15-7-16-12)14-5-9-6-17-18(3)8(9)2/h6-7H,4-5,13H2,1-3H3,(H,14,15,16). The van der Waals surface area contributed by atoms with Crippen molar-refractivity contribution >= 4 is 11.5 Å². The minimum absolute atomic E-state index is 0.405. The lowest BCUT2D eigenvalue weighted by molar-refractivity contribution is 0.328. The predicted octanol–water partition coefficient (Wildman–Crippen LogP) is 1.11. The summed E-state index contributed by atoms with van der Waals surface area (Å²) in [6.07, 6.45) is 3.25. The molecule has 0 amide bonds. The Bertz CT molecular complexity index is 565. The lowest BCUT2D eigenvalue weighted by atomic mass is 10.2. The Morgan fingerprint density at radius 2 is 2.21 bits per heavy atom.